The number of para-hydroxylation sites is 1. The number of hydrogen-bond acceptors (Lipinski definition) is 7. The number of thioether (sulfide) groups is 1. The second kappa shape index (κ2) is 12.2. The van der Waals surface area contributed by atoms with E-state index in [2.05, 4.69) is 20.9 Å². The molecule has 0 fully saturated rings. The molecule has 0 aliphatic rings. The number of esters is 1. The fourth-order valence-corrected chi connectivity index (χ4v) is 4.22. The first-order valence-electron chi connectivity index (χ1n) is 9.77. The average Bonchev–Trinajstić information content (AvgIpc) is 3.20. The van der Waals surface area contributed by atoms with Crippen LogP contribution in [0.2, 0.25) is 0 Å². The summed E-state index contributed by atoms with van der Waals surface area (Å²) in [7, 11) is 0. The monoisotopic (exact) mass is 486 g/mol. The van der Waals surface area contributed by atoms with Crippen LogP contribution in [-0.2, 0) is 20.7 Å². The van der Waals surface area contributed by atoms with E-state index < -0.39 is 0 Å². The Morgan fingerprint density at radius 2 is 1.72 bits per heavy atom. The zero-order chi connectivity index (χ0) is 22.8. The van der Waals surface area contributed by atoms with E-state index in [4.69, 9.17) is 17.0 Å². The van der Waals surface area contributed by atoms with Gasteiger partial charge in [0.1, 0.15) is 0 Å². The van der Waals surface area contributed by atoms with Gasteiger partial charge in [-0.3, -0.25) is 9.59 Å². The van der Waals surface area contributed by atoms with E-state index in [1.807, 2.05) is 54.6 Å². The molecule has 0 unspecified atom stereocenters. The molecular weight excluding hydrogens is 464 g/mol. The first-order chi connectivity index (χ1) is 15.5. The normalized spacial score (nSPS) is 10.3. The fourth-order valence-electron chi connectivity index (χ4n) is 2.56. The Morgan fingerprint density at radius 3 is 2.41 bits per heavy atom. The van der Waals surface area contributed by atoms with Gasteiger partial charge >= 0.3 is 5.97 Å². The molecule has 166 valence electrons. The van der Waals surface area contributed by atoms with Gasteiger partial charge in [-0.05, 0) is 55.5 Å². The highest BCUT2D eigenvalue weighted by atomic mass is 32.2. The highest BCUT2D eigenvalue weighted by molar-refractivity contribution is 8.00. The summed E-state index contributed by atoms with van der Waals surface area (Å²) in [5.74, 6) is -0.253. The number of thiocarbonyl (C=S) groups is 1. The van der Waals surface area contributed by atoms with Crippen LogP contribution in [0.1, 0.15) is 12.6 Å². The van der Waals surface area contributed by atoms with Gasteiger partial charge in [-0.1, -0.05) is 18.2 Å². The maximum atomic E-state index is 12.2. The Morgan fingerprint density at radius 1 is 1.03 bits per heavy atom. The molecular formula is C22H22N4O3S3. The molecule has 0 bridgehead atoms. The Labute approximate surface area is 200 Å². The van der Waals surface area contributed by atoms with Crippen molar-refractivity contribution in [3.63, 3.8) is 0 Å². The number of ether oxygens (including phenoxy) is 1. The lowest BCUT2D eigenvalue weighted by molar-refractivity contribution is -0.142. The Hall–Kier alpha value is -2.95. The lowest BCUT2D eigenvalue weighted by atomic mass is 10.3. The topological polar surface area (TPSA) is 92.3 Å². The van der Waals surface area contributed by atoms with Crippen molar-refractivity contribution in [2.75, 3.05) is 28.3 Å². The van der Waals surface area contributed by atoms with Gasteiger partial charge < -0.3 is 20.7 Å². The zero-order valence-corrected chi connectivity index (χ0v) is 19.7. The van der Waals surface area contributed by atoms with Crippen LogP contribution in [0.5, 0.6) is 0 Å². The highest BCUT2D eigenvalue weighted by Gasteiger charge is 2.11. The lowest BCUT2D eigenvalue weighted by Crippen LogP contribution is -2.18. The second-order valence-electron chi connectivity index (χ2n) is 6.43. The van der Waals surface area contributed by atoms with Gasteiger partial charge in [0.2, 0.25) is 5.91 Å². The molecule has 32 heavy (non-hydrogen) atoms. The van der Waals surface area contributed by atoms with Crippen molar-refractivity contribution >= 4 is 68.8 Å². The SMILES string of the molecule is CCOC(=O)Cc1csc(NC(=O)CSc2ccc(NC(=S)Nc3ccccc3)cc2)n1. The number of amides is 1. The van der Waals surface area contributed by atoms with Crippen LogP contribution < -0.4 is 16.0 Å². The molecule has 7 nitrogen and oxygen atoms in total. The molecule has 1 amide bonds. The Kier molecular flexibility index (Phi) is 9.02. The quantitative estimate of drug-likeness (QED) is 0.226. The summed E-state index contributed by atoms with van der Waals surface area (Å²) < 4.78 is 4.90. The Balaban J connectivity index is 1.42. The molecule has 0 saturated carbocycles. The van der Waals surface area contributed by atoms with Gasteiger partial charge in [-0.15, -0.1) is 23.1 Å². The molecule has 0 saturated heterocycles. The third kappa shape index (κ3) is 7.95. The molecule has 0 radical (unpaired) electrons. The number of nitrogens with one attached hydrogen (secondary N) is 3. The van der Waals surface area contributed by atoms with E-state index in [-0.39, 0.29) is 24.1 Å². The fraction of sp³-hybridized carbons (Fsp3) is 0.182. The minimum Gasteiger partial charge on any atom is -0.466 e. The molecule has 10 heteroatoms. The van der Waals surface area contributed by atoms with E-state index in [0.29, 0.717) is 22.5 Å². The van der Waals surface area contributed by atoms with E-state index in [9.17, 15) is 9.59 Å². The number of hydrogen-bond donors (Lipinski definition) is 3. The number of benzene rings is 2. The molecule has 1 aromatic heterocycles. The molecule has 3 rings (SSSR count). The van der Waals surface area contributed by atoms with Crippen LogP contribution in [0.25, 0.3) is 0 Å². The van der Waals surface area contributed by atoms with Crippen LogP contribution >= 0.6 is 35.3 Å². The van der Waals surface area contributed by atoms with Crippen LogP contribution in [-0.4, -0.2) is 34.3 Å². The van der Waals surface area contributed by atoms with Gasteiger partial charge in [0, 0.05) is 21.7 Å². The van der Waals surface area contributed by atoms with Crippen LogP contribution in [0, 0.1) is 0 Å². The number of nitrogens with zero attached hydrogens (tertiary/aromatic N) is 1. The number of anilines is 3. The van der Waals surface area contributed by atoms with Crippen LogP contribution in [0.3, 0.4) is 0 Å². The van der Waals surface area contributed by atoms with E-state index in [0.717, 1.165) is 16.3 Å². The largest absolute Gasteiger partial charge is 0.466 e. The Bertz CT molecular complexity index is 1060. The number of carbonyl (C=O) groups is 2. The van der Waals surface area contributed by atoms with Crippen molar-refractivity contribution in [2.24, 2.45) is 0 Å². The van der Waals surface area contributed by atoms with Crippen LogP contribution in [0.15, 0.2) is 64.9 Å². The summed E-state index contributed by atoms with van der Waals surface area (Å²) in [6.07, 6.45) is 0.0969. The molecule has 0 aliphatic heterocycles. The van der Waals surface area contributed by atoms with Gasteiger partial charge in [-0.25, -0.2) is 4.98 Å². The first kappa shape index (κ1) is 23.7. The van der Waals surface area contributed by atoms with Gasteiger partial charge in [0.15, 0.2) is 10.2 Å². The summed E-state index contributed by atoms with van der Waals surface area (Å²) in [5, 5.41) is 11.7. The van der Waals surface area contributed by atoms with Crippen LogP contribution in [0.4, 0.5) is 16.5 Å². The summed E-state index contributed by atoms with van der Waals surface area (Å²) in [6, 6.07) is 17.3. The minimum atomic E-state index is -0.333. The molecule has 0 spiro atoms. The number of aromatic nitrogens is 1. The molecule has 1 heterocycles. The maximum absolute atomic E-state index is 12.2. The number of thiazole rings is 1. The summed E-state index contributed by atoms with van der Waals surface area (Å²) in [5.41, 5.74) is 2.35. The zero-order valence-electron chi connectivity index (χ0n) is 17.3. The summed E-state index contributed by atoms with van der Waals surface area (Å²) >= 11 is 8.02. The third-order valence-electron chi connectivity index (χ3n) is 3.94. The predicted octanol–water partition coefficient (Wildman–Crippen LogP) is 4.79. The van der Waals surface area contributed by atoms with E-state index in [1.165, 1.54) is 23.1 Å². The van der Waals surface area contributed by atoms with E-state index >= 15 is 0 Å². The molecule has 3 aromatic rings. The first-order valence-corrected chi connectivity index (χ1v) is 12.0. The van der Waals surface area contributed by atoms with Crippen molar-refractivity contribution in [3.05, 3.63) is 65.7 Å². The maximum Gasteiger partial charge on any atom is 0.311 e. The van der Waals surface area contributed by atoms with E-state index in [1.54, 1.807) is 12.3 Å². The summed E-state index contributed by atoms with van der Waals surface area (Å²) in [4.78, 5) is 28.9. The predicted molar refractivity (Wildman–Crippen MR) is 135 cm³/mol. The van der Waals surface area contributed by atoms with Crippen molar-refractivity contribution in [3.8, 4) is 0 Å². The third-order valence-corrected chi connectivity index (χ3v) is 5.97. The van der Waals surface area contributed by atoms with Gasteiger partial charge in [0.25, 0.3) is 0 Å². The standard InChI is InChI=1S/C22H22N4O3S3/c1-2-29-20(28)12-17-13-32-22(25-17)26-19(27)14-31-18-10-8-16(9-11-18)24-21(30)23-15-6-4-3-5-7-15/h3-11,13H,2,12,14H2,1H3,(H2,23,24,30)(H,25,26,27). The lowest BCUT2D eigenvalue weighted by Gasteiger charge is -2.11. The number of rotatable bonds is 9. The molecule has 0 atom stereocenters. The molecule has 0 aliphatic carbocycles. The smallest absolute Gasteiger partial charge is 0.311 e. The van der Waals surface area contributed by atoms with Crippen molar-refractivity contribution in [1.29, 1.82) is 0 Å². The molecule has 3 N–H and O–H groups in total. The van der Waals surface area contributed by atoms with Gasteiger partial charge in [-0.2, -0.15) is 0 Å². The summed E-state index contributed by atoms with van der Waals surface area (Å²) in [6.45, 7) is 2.09. The molecule has 2 aromatic carbocycles. The number of carbonyl (C=O) groups excluding carboxylic acids is 2. The van der Waals surface area contributed by atoms with Gasteiger partial charge in [0.05, 0.1) is 24.5 Å². The average molecular weight is 487 g/mol. The van der Waals surface area contributed by atoms with Crippen molar-refractivity contribution in [1.82, 2.24) is 4.98 Å². The second-order valence-corrected chi connectivity index (χ2v) is 8.75. The minimum absolute atomic E-state index is 0.0969. The highest BCUT2D eigenvalue weighted by Crippen LogP contribution is 2.22. The van der Waals surface area contributed by atoms with Crippen molar-refractivity contribution < 1.29 is 14.3 Å². The van der Waals surface area contributed by atoms with Crippen molar-refractivity contribution in [2.45, 2.75) is 18.2 Å².